The molecule has 0 saturated carbocycles. The molecule has 0 radical (unpaired) electrons. The van der Waals surface area contributed by atoms with E-state index in [0.717, 1.165) is 0 Å². The van der Waals surface area contributed by atoms with Crippen LogP contribution in [0.1, 0.15) is 28.8 Å². The van der Waals surface area contributed by atoms with Crippen molar-refractivity contribution < 1.29 is 19.4 Å². The molecule has 1 rings (SSSR count). The van der Waals surface area contributed by atoms with Crippen LogP contribution >= 0.6 is 15.9 Å². The minimum atomic E-state index is -0.719. The molecule has 1 amide bonds. The fourth-order valence-electron chi connectivity index (χ4n) is 1.89. The van der Waals surface area contributed by atoms with E-state index >= 15 is 0 Å². The maximum atomic E-state index is 12.4. The Balaban J connectivity index is 2.94. The standard InChI is InChI=1S/C13H20BrNO4/c1-8-10(11(14)9(2)19-8)12(18)15(4)5-13(3,6-16)7-17/h16-17H,5-7H2,1-4H3. The van der Waals surface area contributed by atoms with E-state index in [4.69, 9.17) is 4.42 Å². The molecule has 0 unspecified atom stereocenters. The molecular formula is C13H20BrNO4. The van der Waals surface area contributed by atoms with Crippen LogP contribution in [0.2, 0.25) is 0 Å². The number of halogens is 1. The normalized spacial score (nSPS) is 11.7. The molecule has 0 fully saturated rings. The van der Waals surface area contributed by atoms with Gasteiger partial charge in [-0.15, -0.1) is 0 Å². The van der Waals surface area contributed by atoms with Crippen LogP contribution in [-0.2, 0) is 0 Å². The van der Waals surface area contributed by atoms with E-state index in [2.05, 4.69) is 15.9 Å². The van der Waals surface area contributed by atoms with Gasteiger partial charge in [0.25, 0.3) is 5.91 Å². The Morgan fingerprint density at radius 2 is 1.84 bits per heavy atom. The highest BCUT2D eigenvalue weighted by Crippen LogP contribution is 2.29. The number of aryl methyl sites for hydroxylation is 2. The van der Waals surface area contributed by atoms with Gasteiger partial charge in [-0.3, -0.25) is 4.79 Å². The van der Waals surface area contributed by atoms with E-state index in [1.54, 1.807) is 27.8 Å². The SMILES string of the molecule is Cc1oc(C)c(C(=O)N(C)CC(C)(CO)CO)c1Br. The summed E-state index contributed by atoms with van der Waals surface area (Å²) in [4.78, 5) is 13.9. The number of rotatable bonds is 5. The maximum absolute atomic E-state index is 12.4. The number of carbonyl (C=O) groups is 1. The van der Waals surface area contributed by atoms with Gasteiger partial charge in [-0.1, -0.05) is 6.92 Å². The van der Waals surface area contributed by atoms with Crippen LogP contribution in [0.4, 0.5) is 0 Å². The van der Waals surface area contributed by atoms with E-state index < -0.39 is 5.41 Å². The highest BCUT2D eigenvalue weighted by atomic mass is 79.9. The summed E-state index contributed by atoms with van der Waals surface area (Å²) in [5.41, 5.74) is -0.234. The van der Waals surface area contributed by atoms with Crippen LogP contribution in [0, 0.1) is 19.3 Å². The van der Waals surface area contributed by atoms with Crippen molar-refractivity contribution in [3.05, 3.63) is 21.6 Å². The first-order valence-electron chi connectivity index (χ1n) is 5.98. The Morgan fingerprint density at radius 1 is 1.32 bits per heavy atom. The quantitative estimate of drug-likeness (QED) is 0.860. The Hall–Kier alpha value is -0.850. The van der Waals surface area contributed by atoms with Crippen LogP contribution in [0.25, 0.3) is 0 Å². The number of nitrogens with zero attached hydrogens (tertiary/aromatic N) is 1. The minimum Gasteiger partial charge on any atom is -0.465 e. The molecule has 19 heavy (non-hydrogen) atoms. The van der Waals surface area contributed by atoms with Gasteiger partial charge in [0, 0.05) is 19.0 Å². The Labute approximate surface area is 121 Å². The third-order valence-corrected chi connectivity index (χ3v) is 4.08. The van der Waals surface area contributed by atoms with E-state index in [-0.39, 0.29) is 25.7 Å². The number of aliphatic hydroxyl groups is 2. The topological polar surface area (TPSA) is 73.9 Å². The van der Waals surface area contributed by atoms with Crippen LogP contribution in [0.5, 0.6) is 0 Å². The van der Waals surface area contributed by atoms with Crippen molar-refractivity contribution in [2.45, 2.75) is 20.8 Å². The van der Waals surface area contributed by atoms with Crippen LogP contribution in [0.15, 0.2) is 8.89 Å². The zero-order valence-electron chi connectivity index (χ0n) is 11.7. The summed E-state index contributed by atoms with van der Waals surface area (Å²) in [6, 6.07) is 0. The Kier molecular flexibility index (Phi) is 5.18. The van der Waals surface area contributed by atoms with Gasteiger partial charge in [0.05, 0.1) is 23.2 Å². The fraction of sp³-hybridized carbons (Fsp3) is 0.615. The molecule has 0 aliphatic rings. The molecule has 6 heteroatoms. The van der Waals surface area contributed by atoms with Gasteiger partial charge in [-0.05, 0) is 29.8 Å². The molecule has 108 valence electrons. The van der Waals surface area contributed by atoms with Crippen LogP contribution < -0.4 is 0 Å². The van der Waals surface area contributed by atoms with Gasteiger partial charge in [0.1, 0.15) is 11.5 Å². The molecule has 5 nitrogen and oxygen atoms in total. The van der Waals surface area contributed by atoms with Crippen molar-refractivity contribution >= 4 is 21.8 Å². The predicted octanol–water partition coefficient (Wildman–Crippen LogP) is 1.72. The lowest BCUT2D eigenvalue weighted by Crippen LogP contribution is -2.41. The smallest absolute Gasteiger partial charge is 0.258 e. The molecule has 0 bridgehead atoms. The lowest BCUT2D eigenvalue weighted by molar-refractivity contribution is 0.0365. The third kappa shape index (κ3) is 3.38. The number of hydrogen-bond donors (Lipinski definition) is 2. The molecule has 0 aliphatic carbocycles. The van der Waals surface area contributed by atoms with Crippen molar-refractivity contribution in [1.29, 1.82) is 0 Å². The number of furan rings is 1. The molecule has 2 N–H and O–H groups in total. The van der Waals surface area contributed by atoms with Crippen molar-refractivity contribution in [3.8, 4) is 0 Å². The maximum Gasteiger partial charge on any atom is 0.258 e. The molecule has 1 aromatic heterocycles. The fourth-order valence-corrected chi connectivity index (χ4v) is 2.42. The number of amides is 1. The van der Waals surface area contributed by atoms with Crippen molar-refractivity contribution in [2.24, 2.45) is 5.41 Å². The highest BCUT2D eigenvalue weighted by molar-refractivity contribution is 9.10. The summed E-state index contributed by atoms with van der Waals surface area (Å²) in [6.45, 7) is 5.11. The van der Waals surface area contributed by atoms with Crippen molar-refractivity contribution in [2.75, 3.05) is 26.8 Å². The molecule has 1 aromatic rings. The first kappa shape index (κ1) is 16.2. The third-order valence-electron chi connectivity index (χ3n) is 3.13. The molecule has 0 saturated heterocycles. The van der Waals surface area contributed by atoms with Gasteiger partial charge < -0.3 is 19.5 Å². The first-order valence-corrected chi connectivity index (χ1v) is 6.77. The van der Waals surface area contributed by atoms with E-state index in [1.165, 1.54) is 4.90 Å². The zero-order chi connectivity index (χ0) is 14.8. The lowest BCUT2D eigenvalue weighted by Gasteiger charge is -2.30. The summed E-state index contributed by atoms with van der Waals surface area (Å²) >= 11 is 3.34. The molecular weight excluding hydrogens is 314 g/mol. The predicted molar refractivity (Wildman–Crippen MR) is 75.1 cm³/mol. The monoisotopic (exact) mass is 333 g/mol. The summed E-state index contributed by atoms with van der Waals surface area (Å²) in [6.07, 6.45) is 0. The lowest BCUT2D eigenvalue weighted by atomic mass is 9.92. The largest absolute Gasteiger partial charge is 0.465 e. The molecule has 0 aliphatic heterocycles. The summed E-state index contributed by atoms with van der Waals surface area (Å²) in [5, 5.41) is 18.5. The van der Waals surface area contributed by atoms with Crippen LogP contribution in [0.3, 0.4) is 0 Å². The Bertz CT molecular complexity index is 465. The minimum absolute atomic E-state index is 0.189. The summed E-state index contributed by atoms with van der Waals surface area (Å²) in [5.74, 6) is 1.01. The number of hydrogen-bond acceptors (Lipinski definition) is 4. The molecule has 0 spiro atoms. The molecule has 1 heterocycles. The first-order chi connectivity index (χ1) is 8.75. The van der Waals surface area contributed by atoms with Crippen molar-refractivity contribution in [1.82, 2.24) is 4.90 Å². The summed E-state index contributed by atoms with van der Waals surface area (Å²) in [7, 11) is 1.64. The van der Waals surface area contributed by atoms with Crippen molar-refractivity contribution in [3.63, 3.8) is 0 Å². The van der Waals surface area contributed by atoms with Gasteiger partial charge in [-0.2, -0.15) is 0 Å². The second kappa shape index (κ2) is 6.07. The van der Waals surface area contributed by atoms with E-state index in [9.17, 15) is 15.0 Å². The second-order valence-corrected chi connectivity index (χ2v) is 5.98. The van der Waals surface area contributed by atoms with Crippen LogP contribution in [-0.4, -0.2) is 47.8 Å². The summed E-state index contributed by atoms with van der Waals surface area (Å²) < 4.78 is 6.06. The van der Waals surface area contributed by atoms with E-state index in [1.807, 2.05) is 0 Å². The Morgan fingerprint density at radius 3 is 2.21 bits per heavy atom. The number of aliphatic hydroxyl groups excluding tert-OH is 2. The van der Waals surface area contributed by atoms with Gasteiger partial charge in [0.15, 0.2) is 0 Å². The van der Waals surface area contributed by atoms with E-state index in [0.29, 0.717) is 21.6 Å². The number of carbonyl (C=O) groups excluding carboxylic acids is 1. The van der Waals surface area contributed by atoms with Gasteiger partial charge in [0.2, 0.25) is 0 Å². The zero-order valence-corrected chi connectivity index (χ0v) is 13.2. The molecule has 0 atom stereocenters. The van der Waals surface area contributed by atoms with Gasteiger partial charge in [-0.25, -0.2) is 0 Å². The molecule has 0 aromatic carbocycles. The second-order valence-electron chi connectivity index (χ2n) is 5.19. The highest BCUT2D eigenvalue weighted by Gasteiger charge is 2.29. The van der Waals surface area contributed by atoms with Gasteiger partial charge >= 0.3 is 0 Å². The average Bonchev–Trinajstić information content (AvgIpc) is 2.62. The average molecular weight is 334 g/mol.